The Morgan fingerprint density at radius 1 is 1.07 bits per heavy atom. The number of hydrogen-bond acceptors (Lipinski definition) is 4. The molecule has 1 fully saturated rings. The molecule has 30 heavy (non-hydrogen) atoms. The van der Waals surface area contributed by atoms with Crippen LogP contribution in [-0.2, 0) is 11.4 Å². The molecule has 0 saturated carbocycles. The molecule has 4 rings (SSSR count). The maximum Gasteiger partial charge on any atom is 0.264 e. The van der Waals surface area contributed by atoms with E-state index in [1.165, 1.54) is 11.8 Å². The topological polar surface area (TPSA) is 50.7 Å². The first-order valence-electron chi connectivity index (χ1n) is 9.39. The number of halogens is 1. The van der Waals surface area contributed by atoms with E-state index in [0.717, 1.165) is 22.4 Å². The van der Waals surface area contributed by atoms with Crippen LogP contribution in [0.3, 0.4) is 0 Å². The maximum absolute atomic E-state index is 12.5. The number of amides is 1. The number of nitrogens with one attached hydrogen (secondary N) is 1. The van der Waals surface area contributed by atoms with Gasteiger partial charge in [-0.25, -0.2) is 4.99 Å². The molecule has 0 unspecified atom stereocenters. The SMILES string of the molecule is Cc1ccc(N=C2NC(=O)C(=Cc3cc(Cl)ccc3OCc3ccccc3)S2)cc1. The fourth-order valence-electron chi connectivity index (χ4n) is 2.86. The highest BCUT2D eigenvalue weighted by molar-refractivity contribution is 8.18. The summed E-state index contributed by atoms with van der Waals surface area (Å²) in [6.07, 6.45) is 1.78. The van der Waals surface area contributed by atoms with E-state index in [9.17, 15) is 4.79 Å². The number of amidine groups is 1. The average Bonchev–Trinajstić information content (AvgIpc) is 3.08. The van der Waals surface area contributed by atoms with Gasteiger partial charge in [-0.2, -0.15) is 0 Å². The van der Waals surface area contributed by atoms with Gasteiger partial charge in [0.15, 0.2) is 5.17 Å². The van der Waals surface area contributed by atoms with Crippen molar-refractivity contribution < 1.29 is 9.53 Å². The molecule has 1 saturated heterocycles. The van der Waals surface area contributed by atoms with Gasteiger partial charge in [-0.3, -0.25) is 4.79 Å². The summed E-state index contributed by atoms with van der Waals surface area (Å²) < 4.78 is 5.98. The Balaban J connectivity index is 1.55. The van der Waals surface area contributed by atoms with E-state index in [0.29, 0.717) is 27.5 Å². The van der Waals surface area contributed by atoms with E-state index in [1.54, 1.807) is 18.2 Å². The summed E-state index contributed by atoms with van der Waals surface area (Å²) in [6, 6.07) is 23.1. The summed E-state index contributed by atoms with van der Waals surface area (Å²) in [5.74, 6) is 0.466. The number of aliphatic imine (C=N–C) groups is 1. The summed E-state index contributed by atoms with van der Waals surface area (Å²) in [5, 5.41) is 3.93. The van der Waals surface area contributed by atoms with Crippen molar-refractivity contribution in [1.82, 2.24) is 5.32 Å². The highest BCUT2D eigenvalue weighted by Crippen LogP contribution is 2.32. The zero-order chi connectivity index (χ0) is 20.9. The van der Waals surface area contributed by atoms with Gasteiger partial charge in [0.05, 0.1) is 10.6 Å². The smallest absolute Gasteiger partial charge is 0.264 e. The number of aryl methyl sites for hydroxylation is 1. The molecule has 0 aromatic heterocycles. The van der Waals surface area contributed by atoms with Crippen LogP contribution in [0, 0.1) is 6.92 Å². The van der Waals surface area contributed by atoms with E-state index >= 15 is 0 Å². The first-order chi connectivity index (χ1) is 14.6. The minimum atomic E-state index is -0.195. The van der Waals surface area contributed by atoms with Gasteiger partial charge >= 0.3 is 0 Å². The Bertz CT molecular complexity index is 1130. The predicted octanol–water partition coefficient (Wildman–Crippen LogP) is 6.12. The Morgan fingerprint density at radius 3 is 2.60 bits per heavy atom. The van der Waals surface area contributed by atoms with E-state index in [1.807, 2.05) is 67.6 Å². The lowest BCUT2D eigenvalue weighted by Gasteiger charge is -2.10. The highest BCUT2D eigenvalue weighted by Gasteiger charge is 2.24. The van der Waals surface area contributed by atoms with Crippen LogP contribution >= 0.6 is 23.4 Å². The standard InChI is InChI=1S/C24H19ClN2O2S/c1-16-7-10-20(11-8-16)26-24-27-23(28)22(30-24)14-18-13-19(25)9-12-21(18)29-15-17-5-3-2-4-6-17/h2-14H,15H2,1H3,(H,26,27,28). The first kappa shape index (κ1) is 20.3. The van der Waals surface area contributed by atoms with Crippen molar-refractivity contribution in [2.75, 3.05) is 0 Å². The monoisotopic (exact) mass is 434 g/mol. The largest absolute Gasteiger partial charge is 0.488 e. The zero-order valence-corrected chi connectivity index (χ0v) is 17.8. The molecule has 3 aromatic rings. The van der Waals surface area contributed by atoms with Crippen LogP contribution < -0.4 is 10.1 Å². The molecule has 1 aliphatic heterocycles. The first-order valence-corrected chi connectivity index (χ1v) is 10.6. The second-order valence-corrected chi connectivity index (χ2v) is 8.24. The number of ether oxygens (including phenoxy) is 1. The third kappa shape index (κ3) is 5.12. The molecule has 150 valence electrons. The molecule has 0 atom stereocenters. The van der Waals surface area contributed by atoms with Crippen molar-refractivity contribution in [3.8, 4) is 5.75 Å². The van der Waals surface area contributed by atoms with E-state index in [4.69, 9.17) is 16.3 Å². The van der Waals surface area contributed by atoms with Crippen molar-refractivity contribution in [2.45, 2.75) is 13.5 Å². The fraction of sp³-hybridized carbons (Fsp3) is 0.0833. The van der Waals surface area contributed by atoms with Gasteiger partial charge in [0.1, 0.15) is 12.4 Å². The van der Waals surface area contributed by atoms with Crippen LogP contribution in [-0.4, -0.2) is 11.1 Å². The Hall–Kier alpha value is -3.02. The second-order valence-electron chi connectivity index (χ2n) is 6.77. The van der Waals surface area contributed by atoms with Crippen LogP contribution in [0.5, 0.6) is 5.75 Å². The average molecular weight is 435 g/mol. The third-order valence-electron chi connectivity index (χ3n) is 4.41. The molecule has 1 amide bonds. The van der Waals surface area contributed by atoms with Crippen molar-refractivity contribution in [1.29, 1.82) is 0 Å². The van der Waals surface area contributed by atoms with Crippen molar-refractivity contribution in [3.63, 3.8) is 0 Å². The minimum Gasteiger partial charge on any atom is -0.488 e. The highest BCUT2D eigenvalue weighted by atomic mass is 35.5. The number of hydrogen-bond donors (Lipinski definition) is 1. The van der Waals surface area contributed by atoms with Crippen molar-refractivity contribution >= 4 is 46.2 Å². The number of carbonyl (C=O) groups excluding carboxylic acids is 1. The van der Waals surface area contributed by atoms with Gasteiger partial charge in [-0.1, -0.05) is 59.6 Å². The summed E-state index contributed by atoms with van der Waals surface area (Å²) in [5.41, 5.74) is 3.75. The number of rotatable bonds is 5. The molecule has 3 aromatic carbocycles. The lowest BCUT2D eigenvalue weighted by atomic mass is 10.1. The van der Waals surface area contributed by atoms with E-state index in [-0.39, 0.29) is 5.91 Å². The van der Waals surface area contributed by atoms with Crippen LogP contribution in [0.2, 0.25) is 5.02 Å². The van der Waals surface area contributed by atoms with Gasteiger partial charge in [0.2, 0.25) is 0 Å². The van der Waals surface area contributed by atoms with Crippen LogP contribution in [0.25, 0.3) is 6.08 Å². The van der Waals surface area contributed by atoms with Crippen LogP contribution in [0.15, 0.2) is 82.7 Å². The van der Waals surface area contributed by atoms with E-state index in [2.05, 4.69) is 10.3 Å². The quantitative estimate of drug-likeness (QED) is 0.492. The molecule has 1 N–H and O–H groups in total. The van der Waals surface area contributed by atoms with Gasteiger partial charge < -0.3 is 10.1 Å². The molecular weight excluding hydrogens is 416 g/mol. The summed E-state index contributed by atoms with van der Waals surface area (Å²) in [4.78, 5) is 17.5. The zero-order valence-electron chi connectivity index (χ0n) is 16.3. The predicted molar refractivity (Wildman–Crippen MR) is 124 cm³/mol. The number of benzene rings is 3. The van der Waals surface area contributed by atoms with Gasteiger partial charge in [0, 0.05) is 10.6 Å². The maximum atomic E-state index is 12.5. The Labute approximate surface area is 184 Å². The fourth-order valence-corrected chi connectivity index (χ4v) is 3.87. The van der Waals surface area contributed by atoms with Gasteiger partial charge in [-0.15, -0.1) is 0 Å². The third-order valence-corrected chi connectivity index (χ3v) is 5.56. The molecule has 6 heteroatoms. The van der Waals surface area contributed by atoms with Gasteiger partial charge in [-0.05, 0) is 60.7 Å². The Morgan fingerprint density at radius 2 is 1.83 bits per heavy atom. The Kier molecular flexibility index (Phi) is 6.21. The van der Waals surface area contributed by atoms with E-state index < -0.39 is 0 Å². The lowest BCUT2D eigenvalue weighted by molar-refractivity contribution is -0.115. The van der Waals surface area contributed by atoms with Crippen molar-refractivity contribution in [2.24, 2.45) is 4.99 Å². The van der Waals surface area contributed by atoms with Crippen molar-refractivity contribution in [3.05, 3.63) is 99.4 Å². The number of nitrogens with zero attached hydrogens (tertiary/aromatic N) is 1. The molecule has 0 spiro atoms. The lowest BCUT2D eigenvalue weighted by Crippen LogP contribution is -2.19. The summed E-state index contributed by atoms with van der Waals surface area (Å²) >= 11 is 7.48. The molecule has 1 heterocycles. The molecule has 4 nitrogen and oxygen atoms in total. The van der Waals surface area contributed by atoms with Gasteiger partial charge in [0.25, 0.3) is 5.91 Å². The van der Waals surface area contributed by atoms with Crippen LogP contribution in [0.4, 0.5) is 5.69 Å². The molecule has 0 bridgehead atoms. The normalized spacial score (nSPS) is 16.1. The second kappa shape index (κ2) is 9.20. The molecular formula is C24H19ClN2O2S. The summed E-state index contributed by atoms with van der Waals surface area (Å²) in [7, 11) is 0. The molecule has 1 aliphatic rings. The van der Waals surface area contributed by atoms with Crippen LogP contribution in [0.1, 0.15) is 16.7 Å². The minimum absolute atomic E-state index is 0.195. The number of carbonyl (C=O) groups is 1. The number of thioether (sulfide) groups is 1. The molecule has 0 radical (unpaired) electrons. The summed E-state index contributed by atoms with van der Waals surface area (Å²) in [6.45, 7) is 2.45. The molecule has 0 aliphatic carbocycles.